The zero-order chi connectivity index (χ0) is 28.8. The van der Waals surface area contributed by atoms with Crippen molar-refractivity contribution in [1.82, 2.24) is 0 Å². The molecule has 3 aromatic carbocycles. The summed E-state index contributed by atoms with van der Waals surface area (Å²) in [7, 11) is -4.28. The number of hydrogen-bond donors (Lipinski definition) is 0. The van der Waals surface area contributed by atoms with Gasteiger partial charge < -0.3 is 13.9 Å². The van der Waals surface area contributed by atoms with E-state index in [1.54, 1.807) is 0 Å². The van der Waals surface area contributed by atoms with Crippen LogP contribution in [-0.4, -0.2) is 48.9 Å². The number of rotatable bonds is 10. The maximum absolute atomic E-state index is 13.7. The molecule has 1 fully saturated rings. The molecule has 4 atom stereocenters. The molecule has 0 amide bonds. The van der Waals surface area contributed by atoms with E-state index >= 15 is 0 Å². The van der Waals surface area contributed by atoms with E-state index in [0.29, 0.717) is 6.42 Å². The minimum Gasteiger partial charge on any atom is -0.403 e. The van der Waals surface area contributed by atoms with Crippen molar-refractivity contribution in [3.8, 4) is 0 Å². The molecule has 1 aliphatic rings. The van der Waals surface area contributed by atoms with Crippen molar-refractivity contribution in [1.29, 1.82) is 0 Å². The lowest BCUT2D eigenvalue weighted by Crippen LogP contribution is -2.68. The molecule has 9 heteroatoms. The predicted octanol–water partition coefficient (Wildman–Crippen LogP) is 5.96. The first kappa shape index (κ1) is 30.2. The van der Waals surface area contributed by atoms with Gasteiger partial charge in [0.2, 0.25) is 0 Å². The topological polar surface area (TPSA) is 93.5 Å². The van der Waals surface area contributed by atoms with Crippen LogP contribution in [0, 0.1) is 0 Å². The van der Waals surface area contributed by atoms with E-state index in [4.69, 9.17) is 13.9 Å². The number of hydrogen-bond acceptors (Lipinski definition) is 5. The molecule has 212 valence electrons. The zero-order valence-corrected chi connectivity index (χ0v) is 25.7. The third-order valence-corrected chi connectivity index (χ3v) is 13.8. The van der Waals surface area contributed by atoms with Crippen LogP contribution in [0.1, 0.15) is 41.0 Å². The zero-order valence-electron chi connectivity index (χ0n) is 23.9. The second-order valence-electron chi connectivity index (χ2n) is 11.6. The van der Waals surface area contributed by atoms with Crippen molar-refractivity contribution < 1.29 is 18.1 Å². The standard InChI is InChI=1S/C31H39N3O4SSi/c1-30(2,3)40(26-17-11-7-12-18-26,27-19-13-8-14-20-27)38-24(23-39(35)25-15-9-6-10-16-25)21-29-28(33-34-32)22-36-31(4,5)37-29/h6-20,24,28-29H,21-23H2,1-5H3/t24-,28+,29+,39?/m0/s1. The average Bonchev–Trinajstić information content (AvgIpc) is 2.93. The molecule has 0 bridgehead atoms. The van der Waals surface area contributed by atoms with Crippen LogP contribution in [0.15, 0.2) is 101 Å². The van der Waals surface area contributed by atoms with E-state index in [1.807, 2.05) is 80.6 Å². The smallest absolute Gasteiger partial charge is 0.261 e. The highest BCUT2D eigenvalue weighted by molar-refractivity contribution is 7.85. The third kappa shape index (κ3) is 6.92. The Morgan fingerprint density at radius 1 is 1.00 bits per heavy atom. The van der Waals surface area contributed by atoms with E-state index in [9.17, 15) is 9.74 Å². The molecule has 0 aromatic heterocycles. The van der Waals surface area contributed by atoms with Gasteiger partial charge >= 0.3 is 0 Å². The number of azide groups is 1. The lowest BCUT2D eigenvalue weighted by atomic mass is 10.0. The fourth-order valence-electron chi connectivity index (χ4n) is 5.44. The Morgan fingerprint density at radius 3 is 2.02 bits per heavy atom. The van der Waals surface area contributed by atoms with Gasteiger partial charge in [-0.15, -0.1) is 0 Å². The predicted molar refractivity (Wildman–Crippen MR) is 163 cm³/mol. The van der Waals surface area contributed by atoms with Crippen molar-refractivity contribution in [2.45, 2.75) is 75.0 Å². The summed E-state index contributed by atoms with van der Waals surface area (Å²) in [5, 5.41) is 6.02. The molecule has 7 nitrogen and oxygen atoms in total. The van der Waals surface area contributed by atoms with E-state index in [1.165, 1.54) is 0 Å². The van der Waals surface area contributed by atoms with Crippen LogP contribution >= 0.6 is 0 Å². The molecule has 0 radical (unpaired) electrons. The van der Waals surface area contributed by atoms with Crippen molar-refractivity contribution in [3.05, 3.63) is 101 Å². The highest BCUT2D eigenvalue weighted by Crippen LogP contribution is 2.39. The molecule has 4 rings (SSSR count). The quantitative estimate of drug-likeness (QED) is 0.129. The van der Waals surface area contributed by atoms with Gasteiger partial charge in [-0.3, -0.25) is 4.21 Å². The van der Waals surface area contributed by atoms with Gasteiger partial charge in [-0.25, -0.2) is 0 Å². The molecule has 0 spiro atoms. The molecule has 1 unspecified atom stereocenters. The first-order valence-corrected chi connectivity index (χ1v) is 16.9. The van der Waals surface area contributed by atoms with Crippen LogP contribution < -0.4 is 10.4 Å². The van der Waals surface area contributed by atoms with Gasteiger partial charge in [0.1, 0.15) is 0 Å². The Labute approximate surface area is 241 Å². The summed E-state index contributed by atoms with van der Waals surface area (Å²) in [6, 6.07) is 29.8. The fourth-order valence-corrected chi connectivity index (χ4v) is 11.4. The maximum Gasteiger partial charge on any atom is 0.261 e. The Balaban J connectivity index is 1.82. The molecule has 1 aliphatic heterocycles. The molecule has 1 heterocycles. The summed E-state index contributed by atoms with van der Waals surface area (Å²) in [4.78, 5) is 3.80. The van der Waals surface area contributed by atoms with Crippen LogP contribution in [0.3, 0.4) is 0 Å². The Hall–Kier alpha value is -2.78. The first-order valence-electron chi connectivity index (χ1n) is 13.6. The molecule has 0 saturated carbocycles. The Bertz CT molecular complexity index is 1270. The Kier molecular flexibility index (Phi) is 9.67. The lowest BCUT2D eigenvalue weighted by Gasteiger charge is -2.46. The SMILES string of the molecule is CC1(C)OC[C@@H](N=[N+]=[N-])[C@@H](C[C@@H](CS(=O)c2ccccc2)O[Si](c2ccccc2)(c2ccccc2)C(C)(C)C)O1. The number of nitrogens with zero attached hydrogens (tertiary/aromatic N) is 3. The lowest BCUT2D eigenvalue weighted by molar-refractivity contribution is -0.281. The molecule has 0 N–H and O–H groups in total. The second-order valence-corrected chi connectivity index (χ2v) is 17.4. The maximum atomic E-state index is 13.7. The number of benzene rings is 3. The van der Waals surface area contributed by atoms with E-state index in [2.05, 4.69) is 55.1 Å². The second kappa shape index (κ2) is 12.8. The third-order valence-electron chi connectivity index (χ3n) is 7.26. The molecular formula is C31H39N3O4SSi. The highest BCUT2D eigenvalue weighted by atomic mass is 32.2. The van der Waals surface area contributed by atoms with Crippen LogP contribution in [-0.2, 0) is 24.7 Å². The van der Waals surface area contributed by atoms with Crippen LogP contribution in [0.2, 0.25) is 5.04 Å². The van der Waals surface area contributed by atoms with Gasteiger partial charge in [-0.1, -0.05) is 105 Å². The molecule has 3 aromatic rings. The Morgan fingerprint density at radius 2 is 1.52 bits per heavy atom. The van der Waals surface area contributed by atoms with Crippen molar-refractivity contribution in [2.24, 2.45) is 5.11 Å². The van der Waals surface area contributed by atoms with Gasteiger partial charge in [0, 0.05) is 16.2 Å². The van der Waals surface area contributed by atoms with Crippen molar-refractivity contribution in [3.63, 3.8) is 0 Å². The van der Waals surface area contributed by atoms with Crippen LogP contribution in [0.5, 0.6) is 0 Å². The summed E-state index contributed by atoms with van der Waals surface area (Å²) in [6.07, 6.45) is -0.516. The summed E-state index contributed by atoms with van der Waals surface area (Å²) in [6.45, 7) is 10.6. The summed E-state index contributed by atoms with van der Waals surface area (Å²) >= 11 is 0. The molecular weight excluding hydrogens is 539 g/mol. The van der Waals surface area contributed by atoms with Gasteiger partial charge in [0.15, 0.2) is 5.79 Å². The summed E-state index contributed by atoms with van der Waals surface area (Å²) in [5.74, 6) is -0.564. The largest absolute Gasteiger partial charge is 0.403 e. The van der Waals surface area contributed by atoms with Crippen LogP contribution in [0.4, 0.5) is 0 Å². The van der Waals surface area contributed by atoms with Crippen molar-refractivity contribution >= 4 is 29.5 Å². The van der Waals surface area contributed by atoms with Crippen molar-refractivity contribution in [2.75, 3.05) is 12.4 Å². The van der Waals surface area contributed by atoms with Crippen LogP contribution in [0.25, 0.3) is 10.4 Å². The van der Waals surface area contributed by atoms with E-state index in [0.717, 1.165) is 15.3 Å². The summed E-state index contributed by atoms with van der Waals surface area (Å²) < 4.78 is 33.3. The van der Waals surface area contributed by atoms with Gasteiger partial charge in [-0.2, -0.15) is 0 Å². The summed E-state index contributed by atoms with van der Waals surface area (Å²) in [5.41, 5.74) is 9.26. The van der Waals surface area contributed by atoms with E-state index in [-0.39, 0.29) is 17.4 Å². The van der Waals surface area contributed by atoms with Gasteiger partial charge in [0.05, 0.1) is 41.4 Å². The van der Waals surface area contributed by atoms with E-state index < -0.39 is 43.2 Å². The average molecular weight is 578 g/mol. The van der Waals surface area contributed by atoms with Gasteiger partial charge in [-0.05, 0) is 46.9 Å². The first-order chi connectivity index (χ1) is 19.1. The minimum atomic E-state index is -2.97. The molecule has 40 heavy (non-hydrogen) atoms. The fraction of sp³-hybridized carbons (Fsp3) is 0.419. The molecule has 0 aliphatic carbocycles. The highest BCUT2D eigenvalue weighted by Gasteiger charge is 2.52. The molecule has 1 saturated heterocycles. The minimum absolute atomic E-state index is 0.245. The normalized spacial score (nSPS) is 20.7. The monoisotopic (exact) mass is 577 g/mol. The van der Waals surface area contributed by atoms with Gasteiger partial charge in [0.25, 0.3) is 8.32 Å². The number of ether oxygens (including phenoxy) is 2.